The molecule has 0 saturated carbocycles. The molecule has 2 aromatic carbocycles. The third kappa shape index (κ3) is 6.96. The smallest absolute Gasteiger partial charge is 0.257 e. The minimum absolute atomic E-state index is 0.0145. The van der Waals surface area contributed by atoms with Crippen LogP contribution in [0.15, 0.2) is 59.5 Å². The van der Waals surface area contributed by atoms with Gasteiger partial charge in [-0.3, -0.25) is 14.5 Å². The van der Waals surface area contributed by atoms with Gasteiger partial charge in [0.15, 0.2) is 6.39 Å². The third-order valence-corrected chi connectivity index (χ3v) is 7.03. The number of nitrogens with one attached hydrogen (secondary N) is 1. The second kappa shape index (κ2) is 12.8. The zero-order valence-electron chi connectivity index (χ0n) is 23.0. The molecule has 0 aliphatic carbocycles. The molecule has 3 atom stereocenters. The van der Waals surface area contributed by atoms with Crippen molar-refractivity contribution in [2.75, 3.05) is 46.3 Å². The van der Waals surface area contributed by atoms with Gasteiger partial charge in [-0.1, -0.05) is 6.92 Å². The lowest BCUT2D eigenvalue weighted by atomic mass is 10.0. The number of carbonyl (C=O) groups excluding carboxylic acids is 2. The van der Waals surface area contributed by atoms with Gasteiger partial charge in [-0.25, -0.2) is 4.98 Å². The van der Waals surface area contributed by atoms with Crippen molar-refractivity contribution < 1.29 is 28.2 Å². The van der Waals surface area contributed by atoms with Gasteiger partial charge in [0.2, 0.25) is 0 Å². The Hall–Kier alpha value is -3.89. The van der Waals surface area contributed by atoms with Crippen LogP contribution in [0.4, 0.5) is 5.69 Å². The fraction of sp³-hybridized carbons (Fsp3) is 0.414. The van der Waals surface area contributed by atoms with E-state index < -0.39 is 0 Å². The molecule has 10 heteroatoms. The fourth-order valence-electron chi connectivity index (χ4n) is 4.61. The van der Waals surface area contributed by atoms with Gasteiger partial charge in [0.1, 0.15) is 24.4 Å². The normalized spacial score (nSPS) is 20.8. The molecule has 0 unspecified atom stereocenters. The lowest BCUT2D eigenvalue weighted by molar-refractivity contribution is 0.00900. The number of fused-ring (bicyclic) bond motifs is 1. The molecule has 208 valence electrons. The van der Waals surface area contributed by atoms with E-state index >= 15 is 0 Å². The summed E-state index contributed by atoms with van der Waals surface area (Å²) in [5, 5.41) is 2.90. The van der Waals surface area contributed by atoms with Crippen LogP contribution in [0.2, 0.25) is 0 Å². The zero-order valence-corrected chi connectivity index (χ0v) is 23.0. The summed E-state index contributed by atoms with van der Waals surface area (Å²) in [6, 6.07) is 11.9. The highest BCUT2D eigenvalue weighted by Gasteiger charge is 2.29. The molecule has 0 bridgehead atoms. The van der Waals surface area contributed by atoms with Crippen molar-refractivity contribution in [2.24, 2.45) is 5.92 Å². The SMILES string of the molecule is COc1ccc(C(=O)Nc2ccc3c(c2)OC[C@@H](C)N(Cc2cocn2)C[C@@H](C)[C@@H](OC)CN(C)C3=O)cc1. The molecule has 1 aromatic heterocycles. The van der Waals surface area contributed by atoms with Gasteiger partial charge in [-0.05, 0) is 49.2 Å². The van der Waals surface area contributed by atoms with Crippen LogP contribution in [0.3, 0.4) is 0 Å². The predicted octanol–water partition coefficient (Wildman–Crippen LogP) is 3.94. The maximum atomic E-state index is 13.5. The van der Waals surface area contributed by atoms with Crippen molar-refractivity contribution in [1.29, 1.82) is 0 Å². The summed E-state index contributed by atoms with van der Waals surface area (Å²) < 4.78 is 22.4. The van der Waals surface area contributed by atoms with Crippen LogP contribution < -0.4 is 14.8 Å². The van der Waals surface area contributed by atoms with Crippen molar-refractivity contribution in [3.63, 3.8) is 0 Å². The number of carbonyl (C=O) groups is 2. The number of anilines is 1. The maximum absolute atomic E-state index is 13.5. The van der Waals surface area contributed by atoms with Gasteiger partial charge in [0, 0.05) is 57.2 Å². The molecule has 0 radical (unpaired) electrons. The summed E-state index contributed by atoms with van der Waals surface area (Å²) in [4.78, 5) is 34.5. The van der Waals surface area contributed by atoms with Gasteiger partial charge in [0.25, 0.3) is 11.8 Å². The van der Waals surface area contributed by atoms with E-state index in [0.29, 0.717) is 54.6 Å². The lowest BCUT2D eigenvalue weighted by Crippen LogP contribution is -2.46. The van der Waals surface area contributed by atoms with Crippen LogP contribution in [-0.2, 0) is 11.3 Å². The van der Waals surface area contributed by atoms with E-state index in [2.05, 4.69) is 29.0 Å². The monoisotopic (exact) mass is 536 g/mol. The van der Waals surface area contributed by atoms with Gasteiger partial charge >= 0.3 is 0 Å². The quantitative estimate of drug-likeness (QED) is 0.505. The van der Waals surface area contributed by atoms with E-state index in [4.69, 9.17) is 18.6 Å². The Labute approximate surface area is 228 Å². The Kier molecular flexibility index (Phi) is 9.21. The Bertz CT molecular complexity index is 1250. The molecule has 2 heterocycles. The number of aromatic nitrogens is 1. The summed E-state index contributed by atoms with van der Waals surface area (Å²) in [7, 11) is 5.00. The highest BCUT2D eigenvalue weighted by atomic mass is 16.5. The molecule has 2 amide bonds. The van der Waals surface area contributed by atoms with Gasteiger partial charge < -0.3 is 28.8 Å². The Morgan fingerprint density at radius 2 is 1.90 bits per heavy atom. The summed E-state index contributed by atoms with van der Waals surface area (Å²) >= 11 is 0. The predicted molar refractivity (Wildman–Crippen MR) is 146 cm³/mol. The van der Waals surface area contributed by atoms with Crippen LogP contribution in [0, 0.1) is 5.92 Å². The number of rotatable bonds is 6. The number of amides is 2. The first kappa shape index (κ1) is 28.1. The van der Waals surface area contributed by atoms with Crippen molar-refractivity contribution in [1.82, 2.24) is 14.8 Å². The van der Waals surface area contributed by atoms with E-state index in [0.717, 1.165) is 5.69 Å². The van der Waals surface area contributed by atoms with Crippen molar-refractivity contribution in [3.05, 3.63) is 71.9 Å². The molecule has 39 heavy (non-hydrogen) atoms. The molecule has 1 aliphatic rings. The number of benzene rings is 2. The second-order valence-electron chi connectivity index (χ2n) is 9.90. The average Bonchev–Trinajstić information content (AvgIpc) is 3.46. The first-order chi connectivity index (χ1) is 18.8. The highest BCUT2D eigenvalue weighted by molar-refractivity contribution is 6.05. The first-order valence-electron chi connectivity index (χ1n) is 12.9. The molecular weight excluding hydrogens is 500 g/mol. The number of oxazole rings is 1. The molecule has 10 nitrogen and oxygen atoms in total. The molecule has 1 N–H and O–H groups in total. The number of likely N-dealkylation sites (N-methyl/N-ethyl adjacent to an activating group) is 1. The molecule has 1 aliphatic heterocycles. The number of methoxy groups -OCH3 is 2. The van der Waals surface area contributed by atoms with E-state index in [1.807, 2.05) is 0 Å². The molecule has 0 spiro atoms. The van der Waals surface area contributed by atoms with E-state index in [9.17, 15) is 9.59 Å². The summed E-state index contributed by atoms with van der Waals surface area (Å²) in [6.45, 7) is 6.22. The van der Waals surface area contributed by atoms with Crippen LogP contribution in [0.1, 0.15) is 40.3 Å². The number of nitrogens with zero attached hydrogens (tertiary/aromatic N) is 3. The van der Waals surface area contributed by atoms with Gasteiger partial charge in [0.05, 0.1) is 24.5 Å². The minimum Gasteiger partial charge on any atom is -0.497 e. The summed E-state index contributed by atoms with van der Waals surface area (Å²) in [5.74, 6) is 0.738. The standard InChI is InChI=1S/C29H36N4O6/c1-19-13-33(14-23-17-38-18-30-23)20(2)16-39-26-12-22(31-28(34)21-6-9-24(36-4)10-7-21)8-11-25(26)29(35)32(3)15-27(19)37-5/h6-12,17-20,27H,13-16H2,1-5H3,(H,31,34)/t19-,20-,27+/m1/s1. The highest BCUT2D eigenvalue weighted by Crippen LogP contribution is 2.27. The maximum Gasteiger partial charge on any atom is 0.257 e. The van der Waals surface area contributed by atoms with Gasteiger partial charge in [-0.15, -0.1) is 0 Å². The van der Waals surface area contributed by atoms with Crippen molar-refractivity contribution in [3.8, 4) is 11.5 Å². The Morgan fingerprint density at radius 3 is 2.56 bits per heavy atom. The average molecular weight is 537 g/mol. The zero-order chi connectivity index (χ0) is 27.9. The van der Waals surface area contributed by atoms with Gasteiger partial charge in [-0.2, -0.15) is 0 Å². The molecule has 4 rings (SSSR count). The van der Waals surface area contributed by atoms with E-state index in [1.165, 1.54) is 6.39 Å². The van der Waals surface area contributed by atoms with E-state index in [1.54, 1.807) is 74.9 Å². The molecule has 0 fully saturated rings. The largest absolute Gasteiger partial charge is 0.497 e. The van der Waals surface area contributed by atoms with E-state index in [-0.39, 0.29) is 29.9 Å². The topological polar surface area (TPSA) is 106 Å². The van der Waals surface area contributed by atoms with Crippen LogP contribution in [-0.4, -0.2) is 79.7 Å². The molecule has 3 aromatic rings. The number of hydrogen-bond donors (Lipinski definition) is 1. The first-order valence-corrected chi connectivity index (χ1v) is 12.9. The third-order valence-electron chi connectivity index (χ3n) is 7.03. The van der Waals surface area contributed by atoms with Crippen molar-refractivity contribution in [2.45, 2.75) is 32.5 Å². The Morgan fingerprint density at radius 1 is 1.13 bits per heavy atom. The van der Waals surface area contributed by atoms with Crippen LogP contribution in [0.25, 0.3) is 0 Å². The summed E-state index contributed by atoms with van der Waals surface area (Å²) in [5.41, 5.74) is 2.24. The molecular formula is C29H36N4O6. The molecule has 0 saturated heterocycles. The summed E-state index contributed by atoms with van der Waals surface area (Å²) in [6.07, 6.45) is 2.90. The van der Waals surface area contributed by atoms with Crippen LogP contribution >= 0.6 is 0 Å². The van der Waals surface area contributed by atoms with Crippen molar-refractivity contribution >= 4 is 17.5 Å². The Balaban J connectivity index is 1.61. The number of hydrogen-bond acceptors (Lipinski definition) is 8. The minimum atomic E-state index is -0.279. The lowest BCUT2D eigenvalue weighted by Gasteiger charge is -2.35. The van der Waals surface area contributed by atoms with Crippen LogP contribution in [0.5, 0.6) is 11.5 Å². The second-order valence-corrected chi connectivity index (χ2v) is 9.90. The fourth-order valence-corrected chi connectivity index (χ4v) is 4.61. The number of ether oxygens (including phenoxy) is 3.